The van der Waals surface area contributed by atoms with Gasteiger partial charge in [-0.25, -0.2) is 4.98 Å². The van der Waals surface area contributed by atoms with Gasteiger partial charge in [-0.2, -0.15) is 5.26 Å². The van der Waals surface area contributed by atoms with Crippen LogP contribution in [0.15, 0.2) is 40.9 Å². The number of benzene rings is 2. The lowest BCUT2D eigenvalue weighted by molar-refractivity contribution is 0.286. The summed E-state index contributed by atoms with van der Waals surface area (Å²) in [6, 6.07) is 13.9. The van der Waals surface area contributed by atoms with Crippen LogP contribution in [-0.4, -0.2) is 22.8 Å². The summed E-state index contributed by atoms with van der Waals surface area (Å²) in [6.45, 7) is 4.91. The number of ether oxygens (including phenoxy) is 2. The highest BCUT2D eigenvalue weighted by molar-refractivity contribution is 9.10. The lowest BCUT2D eigenvalue weighted by Crippen LogP contribution is -2.00. The summed E-state index contributed by atoms with van der Waals surface area (Å²) in [5, 5.41) is 9.73. The molecule has 2 aromatic carbocycles. The minimum absolute atomic E-state index is 0.479. The number of fused-ring (bicyclic) bond motifs is 1. The molecule has 6 heteroatoms. The molecule has 1 heterocycles. The van der Waals surface area contributed by atoms with Crippen molar-refractivity contribution in [2.45, 2.75) is 13.8 Å². The number of imidazole rings is 1. The minimum atomic E-state index is 0.479. The predicted octanol–water partition coefficient (Wildman–Crippen LogP) is 5.20. The van der Waals surface area contributed by atoms with Crippen LogP contribution in [0.1, 0.15) is 25.2 Å². The number of nitriles is 1. The van der Waals surface area contributed by atoms with Gasteiger partial charge in [-0.15, -0.1) is 0 Å². The topological polar surface area (TPSA) is 60.1 Å². The minimum Gasteiger partial charge on any atom is -0.490 e. The van der Waals surface area contributed by atoms with Gasteiger partial charge in [0.05, 0.1) is 34.3 Å². The zero-order valence-corrected chi connectivity index (χ0v) is 17.1. The number of allylic oxidation sites excluding steroid dienone is 1. The van der Waals surface area contributed by atoms with E-state index in [4.69, 9.17) is 9.47 Å². The molecule has 0 spiro atoms. The number of hydrogen-bond donors (Lipinski definition) is 0. The number of halogens is 1. The van der Waals surface area contributed by atoms with Crippen molar-refractivity contribution >= 4 is 38.6 Å². The van der Waals surface area contributed by atoms with Crippen LogP contribution in [0.4, 0.5) is 0 Å². The van der Waals surface area contributed by atoms with Gasteiger partial charge in [-0.1, -0.05) is 12.1 Å². The summed E-state index contributed by atoms with van der Waals surface area (Å²) in [4.78, 5) is 4.61. The predicted molar refractivity (Wildman–Crippen MR) is 111 cm³/mol. The number of rotatable bonds is 6. The van der Waals surface area contributed by atoms with E-state index >= 15 is 0 Å². The molecular formula is C21H20BrN3O2. The van der Waals surface area contributed by atoms with Gasteiger partial charge >= 0.3 is 0 Å². The molecule has 0 atom stereocenters. The molecule has 0 radical (unpaired) electrons. The zero-order chi connectivity index (χ0) is 19.4. The number of hydrogen-bond acceptors (Lipinski definition) is 4. The number of nitrogens with zero attached hydrogens (tertiary/aromatic N) is 3. The van der Waals surface area contributed by atoms with Crippen molar-refractivity contribution in [3.8, 4) is 17.6 Å². The lowest BCUT2D eigenvalue weighted by Gasteiger charge is -2.13. The van der Waals surface area contributed by atoms with Crippen molar-refractivity contribution in [3.63, 3.8) is 0 Å². The Kier molecular flexibility index (Phi) is 5.82. The molecule has 0 aliphatic heterocycles. The first-order valence-corrected chi connectivity index (χ1v) is 9.51. The van der Waals surface area contributed by atoms with Gasteiger partial charge in [-0.3, -0.25) is 0 Å². The molecule has 27 heavy (non-hydrogen) atoms. The quantitative estimate of drug-likeness (QED) is 0.509. The Morgan fingerprint density at radius 2 is 1.96 bits per heavy atom. The number of aromatic nitrogens is 2. The van der Waals surface area contributed by atoms with Gasteiger partial charge in [0.2, 0.25) is 0 Å². The van der Waals surface area contributed by atoms with Crippen LogP contribution in [0.2, 0.25) is 0 Å². The molecule has 0 fully saturated rings. The molecule has 0 saturated carbocycles. The summed E-state index contributed by atoms with van der Waals surface area (Å²) >= 11 is 3.54. The van der Waals surface area contributed by atoms with E-state index in [1.54, 1.807) is 0 Å². The normalized spacial score (nSPS) is 11.4. The van der Waals surface area contributed by atoms with E-state index in [2.05, 4.69) is 27.0 Å². The van der Waals surface area contributed by atoms with Crippen LogP contribution in [0.5, 0.6) is 11.5 Å². The second-order valence-electron chi connectivity index (χ2n) is 5.85. The molecule has 1 aromatic heterocycles. The maximum absolute atomic E-state index is 9.73. The van der Waals surface area contributed by atoms with Gasteiger partial charge < -0.3 is 14.0 Å². The van der Waals surface area contributed by atoms with E-state index in [0.717, 1.165) is 21.1 Å². The zero-order valence-electron chi connectivity index (χ0n) is 15.5. The maximum Gasteiger partial charge on any atom is 0.175 e. The van der Waals surface area contributed by atoms with E-state index in [9.17, 15) is 5.26 Å². The first kappa shape index (κ1) is 19.0. The third-order valence-electron chi connectivity index (χ3n) is 4.08. The molecule has 0 aliphatic carbocycles. The summed E-state index contributed by atoms with van der Waals surface area (Å²) in [5.41, 5.74) is 3.15. The largest absolute Gasteiger partial charge is 0.490 e. The maximum atomic E-state index is 9.73. The molecule has 0 amide bonds. The average molecular weight is 426 g/mol. The van der Waals surface area contributed by atoms with E-state index in [1.165, 1.54) is 0 Å². The SMILES string of the molecule is CCOc1cc(/C=C(/C#N)c2nc3ccccc3n2C)cc(Br)c1OCC. The highest BCUT2D eigenvalue weighted by Gasteiger charge is 2.15. The molecule has 3 rings (SSSR count). The first-order valence-electron chi connectivity index (χ1n) is 8.71. The summed E-state index contributed by atoms with van der Waals surface area (Å²) < 4.78 is 14.1. The smallest absolute Gasteiger partial charge is 0.175 e. The van der Waals surface area contributed by atoms with E-state index < -0.39 is 0 Å². The van der Waals surface area contributed by atoms with E-state index in [-0.39, 0.29) is 0 Å². The highest BCUT2D eigenvalue weighted by atomic mass is 79.9. The third kappa shape index (κ3) is 3.83. The van der Waals surface area contributed by atoms with Crippen molar-refractivity contribution < 1.29 is 9.47 Å². The Balaban J connectivity index is 2.10. The molecule has 3 aromatic rings. The summed E-state index contributed by atoms with van der Waals surface area (Å²) in [6.07, 6.45) is 1.81. The van der Waals surface area contributed by atoms with Crippen molar-refractivity contribution in [1.29, 1.82) is 5.26 Å². The van der Waals surface area contributed by atoms with Crippen molar-refractivity contribution in [2.75, 3.05) is 13.2 Å². The van der Waals surface area contributed by atoms with Crippen LogP contribution in [-0.2, 0) is 7.05 Å². The Morgan fingerprint density at radius 1 is 1.22 bits per heavy atom. The Labute approximate surface area is 167 Å². The van der Waals surface area contributed by atoms with Gasteiger partial charge in [0.15, 0.2) is 17.3 Å². The van der Waals surface area contributed by atoms with Crippen LogP contribution >= 0.6 is 15.9 Å². The molecule has 0 unspecified atom stereocenters. The first-order chi connectivity index (χ1) is 13.1. The highest BCUT2D eigenvalue weighted by Crippen LogP contribution is 2.38. The Morgan fingerprint density at radius 3 is 2.63 bits per heavy atom. The third-order valence-corrected chi connectivity index (χ3v) is 4.67. The van der Waals surface area contributed by atoms with E-state index in [1.807, 2.05) is 67.9 Å². The monoisotopic (exact) mass is 425 g/mol. The van der Waals surface area contributed by atoms with Crippen LogP contribution in [0.25, 0.3) is 22.7 Å². The molecule has 0 bridgehead atoms. The molecule has 0 aliphatic rings. The molecule has 5 nitrogen and oxygen atoms in total. The van der Waals surface area contributed by atoms with Gasteiger partial charge in [-0.05, 0) is 65.7 Å². The second-order valence-corrected chi connectivity index (χ2v) is 6.70. The summed E-state index contributed by atoms with van der Waals surface area (Å²) in [7, 11) is 1.91. The Hall–Kier alpha value is -2.78. The van der Waals surface area contributed by atoms with E-state index in [0.29, 0.717) is 36.1 Å². The number of para-hydroxylation sites is 2. The fourth-order valence-corrected chi connectivity index (χ4v) is 3.49. The average Bonchev–Trinajstić information content (AvgIpc) is 3.00. The van der Waals surface area contributed by atoms with Gasteiger partial charge in [0, 0.05) is 7.05 Å². The lowest BCUT2D eigenvalue weighted by atomic mass is 10.1. The fraction of sp³-hybridized carbons (Fsp3) is 0.238. The second kappa shape index (κ2) is 8.28. The van der Waals surface area contributed by atoms with Crippen molar-refractivity contribution in [2.24, 2.45) is 7.05 Å². The summed E-state index contributed by atoms with van der Waals surface area (Å²) in [5.74, 6) is 1.93. The standard InChI is InChI=1S/C21H20BrN3O2/c1-4-26-19-12-14(11-16(22)20(19)27-5-2)10-15(13-23)21-24-17-8-6-7-9-18(17)25(21)3/h6-12H,4-5H2,1-3H3/b15-10-. The van der Waals surface area contributed by atoms with Gasteiger partial charge in [0.25, 0.3) is 0 Å². The van der Waals surface area contributed by atoms with Crippen LogP contribution in [0.3, 0.4) is 0 Å². The molecular weight excluding hydrogens is 406 g/mol. The van der Waals surface area contributed by atoms with Crippen LogP contribution < -0.4 is 9.47 Å². The molecule has 0 N–H and O–H groups in total. The van der Waals surface area contributed by atoms with Crippen molar-refractivity contribution in [1.82, 2.24) is 9.55 Å². The Bertz CT molecular complexity index is 1050. The molecule has 138 valence electrons. The van der Waals surface area contributed by atoms with Crippen LogP contribution in [0, 0.1) is 11.3 Å². The van der Waals surface area contributed by atoms with Crippen molar-refractivity contribution in [3.05, 3.63) is 52.3 Å². The molecule has 0 saturated heterocycles. The fourth-order valence-electron chi connectivity index (χ4n) is 2.92. The number of aryl methyl sites for hydroxylation is 1. The van der Waals surface area contributed by atoms with Gasteiger partial charge in [0.1, 0.15) is 6.07 Å².